The first-order valence-corrected chi connectivity index (χ1v) is 8.41. The first-order chi connectivity index (χ1) is 11.7. The molecule has 2 heterocycles. The minimum absolute atomic E-state index is 0.0724. The largest absolute Gasteiger partial charge is 0.486 e. The van der Waals surface area contributed by atoms with E-state index in [-0.39, 0.29) is 17.8 Å². The lowest BCUT2D eigenvalue weighted by Crippen LogP contribution is -2.40. The second kappa shape index (κ2) is 7.55. The van der Waals surface area contributed by atoms with Gasteiger partial charge in [0.1, 0.15) is 13.2 Å². The van der Waals surface area contributed by atoms with Crippen LogP contribution in [0.5, 0.6) is 11.5 Å². The van der Waals surface area contributed by atoms with Crippen LogP contribution in [0.4, 0.5) is 0 Å². The number of likely N-dealkylation sites (tertiary alicyclic amines) is 1. The molecule has 1 saturated heterocycles. The second-order valence-electron chi connectivity index (χ2n) is 6.16. The fourth-order valence-electron chi connectivity index (χ4n) is 3.18. The van der Waals surface area contributed by atoms with Crippen molar-refractivity contribution in [3.8, 4) is 11.5 Å². The molecule has 0 bridgehead atoms. The van der Waals surface area contributed by atoms with Gasteiger partial charge in [-0.05, 0) is 37.0 Å². The van der Waals surface area contributed by atoms with Gasteiger partial charge >= 0.3 is 5.97 Å². The number of nitrogens with zero attached hydrogens (tertiary/aromatic N) is 1. The van der Waals surface area contributed by atoms with Crippen LogP contribution >= 0.6 is 0 Å². The molecule has 0 aromatic heterocycles. The number of ether oxygens (including phenoxy) is 3. The van der Waals surface area contributed by atoms with Crippen molar-refractivity contribution in [2.75, 3.05) is 33.4 Å². The Morgan fingerprint density at radius 2 is 1.88 bits per heavy atom. The van der Waals surface area contributed by atoms with Gasteiger partial charge in [-0.2, -0.15) is 0 Å². The number of hydrogen-bond acceptors (Lipinski definition) is 5. The third-order valence-corrected chi connectivity index (χ3v) is 4.62. The molecule has 6 nitrogen and oxygen atoms in total. The van der Waals surface area contributed by atoms with E-state index in [1.165, 1.54) is 7.11 Å². The van der Waals surface area contributed by atoms with Crippen LogP contribution < -0.4 is 9.47 Å². The molecule has 3 rings (SSSR count). The number of rotatable bonds is 4. The quantitative estimate of drug-likeness (QED) is 0.786. The van der Waals surface area contributed by atoms with Crippen molar-refractivity contribution < 1.29 is 23.8 Å². The Morgan fingerprint density at radius 3 is 2.58 bits per heavy atom. The fraction of sp³-hybridized carbons (Fsp3) is 0.556. The summed E-state index contributed by atoms with van der Waals surface area (Å²) in [5.41, 5.74) is 1.07. The van der Waals surface area contributed by atoms with Gasteiger partial charge in [-0.25, -0.2) is 0 Å². The Labute approximate surface area is 141 Å². The zero-order chi connectivity index (χ0) is 16.9. The number of hydrogen-bond donors (Lipinski definition) is 0. The van der Waals surface area contributed by atoms with Crippen LogP contribution in [-0.2, 0) is 20.7 Å². The molecule has 1 aromatic rings. The molecule has 0 radical (unpaired) electrons. The lowest BCUT2D eigenvalue weighted by Gasteiger charge is -2.30. The molecule has 6 heteroatoms. The van der Waals surface area contributed by atoms with Crippen molar-refractivity contribution in [2.24, 2.45) is 5.92 Å². The molecule has 0 unspecified atom stereocenters. The number of aryl methyl sites for hydroxylation is 1. The summed E-state index contributed by atoms with van der Waals surface area (Å²) in [4.78, 5) is 25.7. The topological polar surface area (TPSA) is 65.1 Å². The highest BCUT2D eigenvalue weighted by Gasteiger charge is 2.27. The first-order valence-electron chi connectivity index (χ1n) is 8.41. The number of carbonyl (C=O) groups is 2. The smallest absolute Gasteiger partial charge is 0.308 e. The first kappa shape index (κ1) is 16.6. The van der Waals surface area contributed by atoms with E-state index in [4.69, 9.17) is 14.2 Å². The van der Waals surface area contributed by atoms with Gasteiger partial charge < -0.3 is 19.1 Å². The van der Waals surface area contributed by atoms with E-state index in [1.807, 2.05) is 23.1 Å². The Balaban J connectivity index is 1.48. The Kier molecular flexibility index (Phi) is 5.23. The predicted octanol–water partition coefficient (Wildman–Crippen LogP) is 1.80. The molecule has 0 spiro atoms. The van der Waals surface area contributed by atoms with Gasteiger partial charge in [0.05, 0.1) is 13.0 Å². The summed E-state index contributed by atoms with van der Waals surface area (Å²) in [7, 11) is 1.41. The molecule has 1 amide bonds. The molecule has 130 valence electrons. The number of benzene rings is 1. The highest BCUT2D eigenvalue weighted by atomic mass is 16.6. The summed E-state index contributed by atoms with van der Waals surface area (Å²) in [5, 5.41) is 0. The van der Waals surface area contributed by atoms with Gasteiger partial charge in [0.15, 0.2) is 11.5 Å². The van der Waals surface area contributed by atoms with Crippen LogP contribution in [-0.4, -0.2) is 50.2 Å². The van der Waals surface area contributed by atoms with E-state index in [0.29, 0.717) is 52.0 Å². The number of amides is 1. The summed E-state index contributed by atoms with van der Waals surface area (Å²) in [6, 6.07) is 5.83. The highest BCUT2D eigenvalue weighted by Crippen LogP contribution is 2.31. The summed E-state index contributed by atoms with van der Waals surface area (Å²) in [5.74, 6) is 1.41. The van der Waals surface area contributed by atoms with E-state index < -0.39 is 0 Å². The number of esters is 1. The van der Waals surface area contributed by atoms with Crippen molar-refractivity contribution in [3.63, 3.8) is 0 Å². The van der Waals surface area contributed by atoms with Crippen LogP contribution in [0.25, 0.3) is 0 Å². The molecule has 1 fully saturated rings. The molecule has 0 aliphatic carbocycles. The molecule has 2 aliphatic rings. The number of piperidine rings is 1. The van der Waals surface area contributed by atoms with Crippen molar-refractivity contribution in [3.05, 3.63) is 23.8 Å². The summed E-state index contributed by atoms with van der Waals surface area (Å²) in [6.07, 6.45) is 2.50. The molecule has 0 saturated carbocycles. The zero-order valence-electron chi connectivity index (χ0n) is 14.0. The summed E-state index contributed by atoms with van der Waals surface area (Å²) >= 11 is 0. The van der Waals surface area contributed by atoms with Crippen molar-refractivity contribution >= 4 is 11.9 Å². The average molecular weight is 333 g/mol. The molecular formula is C18H23NO5. The lowest BCUT2D eigenvalue weighted by molar-refractivity contribution is -0.148. The van der Waals surface area contributed by atoms with Crippen LogP contribution in [0, 0.1) is 5.92 Å². The summed E-state index contributed by atoms with van der Waals surface area (Å²) < 4.78 is 15.8. The zero-order valence-corrected chi connectivity index (χ0v) is 14.0. The van der Waals surface area contributed by atoms with Gasteiger partial charge in [-0.3, -0.25) is 9.59 Å². The van der Waals surface area contributed by atoms with Crippen molar-refractivity contribution in [2.45, 2.75) is 25.7 Å². The van der Waals surface area contributed by atoms with E-state index in [2.05, 4.69) is 0 Å². The standard InChI is InChI=1S/C18H23NO5/c1-22-18(21)14-6-8-19(9-7-14)17(20)5-3-13-2-4-15-16(12-13)24-11-10-23-15/h2,4,12,14H,3,5-11H2,1H3. The number of methoxy groups -OCH3 is 1. The van der Waals surface area contributed by atoms with Gasteiger partial charge in [-0.1, -0.05) is 6.07 Å². The van der Waals surface area contributed by atoms with Crippen LogP contribution in [0.15, 0.2) is 18.2 Å². The molecule has 1 aromatic carbocycles. The SMILES string of the molecule is COC(=O)C1CCN(C(=O)CCc2ccc3c(c2)OCCO3)CC1. The van der Waals surface area contributed by atoms with Gasteiger partial charge in [-0.15, -0.1) is 0 Å². The third kappa shape index (κ3) is 3.80. The lowest BCUT2D eigenvalue weighted by atomic mass is 9.96. The van der Waals surface area contributed by atoms with Crippen molar-refractivity contribution in [1.82, 2.24) is 4.90 Å². The van der Waals surface area contributed by atoms with Crippen LogP contribution in [0.2, 0.25) is 0 Å². The van der Waals surface area contributed by atoms with E-state index in [9.17, 15) is 9.59 Å². The van der Waals surface area contributed by atoms with Crippen molar-refractivity contribution in [1.29, 1.82) is 0 Å². The van der Waals surface area contributed by atoms with Gasteiger partial charge in [0, 0.05) is 19.5 Å². The average Bonchev–Trinajstić information content (AvgIpc) is 2.65. The minimum atomic E-state index is -0.168. The van der Waals surface area contributed by atoms with E-state index in [0.717, 1.165) is 17.1 Å². The number of carbonyl (C=O) groups excluding carboxylic acids is 2. The normalized spacial score (nSPS) is 17.5. The van der Waals surface area contributed by atoms with Crippen LogP contribution in [0.3, 0.4) is 0 Å². The number of fused-ring (bicyclic) bond motifs is 1. The molecular weight excluding hydrogens is 310 g/mol. The maximum Gasteiger partial charge on any atom is 0.308 e. The maximum absolute atomic E-state index is 12.4. The van der Waals surface area contributed by atoms with E-state index in [1.54, 1.807) is 0 Å². The molecule has 0 atom stereocenters. The Morgan fingerprint density at radius 1 is 1.17 bits per heavy atom. The molecule has 24 heavy (non-hydrogen) atoms. The summed E-state index contributed by atoms with van der Waals surface area (Å²) in [6.45, 7) is 2.39. The fourth-order valence-corrected chi connectivity index (χ4v) is 3.18. The molecule has 2 aliphatic heterocycles. The van der Waals surface area contributed by atoms with E-state index >= 15 is 0 Å². The second-order valence-corrected chi connectivity index (χ2v) is 6.16. The van der Waals surface area contributed by atoms with Gasteiger partial charge in [0.25, 0.3) is 0 Å². The molecule has 0 N–H and O–H groups in total. The maximum atomic E-state index is 12.4. The Hall–Kier alpha value is -2.24. The third-order valence-electron chi connectivity index (χ3n) is 4.62. The monoisotopic (exact) mass is 333 g/mol. The highest BCUT2D eigenvalue weighted by molar-refractivity contribution is 5.77. The Bertz CT molecular complexity index is 607. The van der Waals surface area contributed by atoms with Crippen LogP contribution in [0.1, 0.15) is 24.8 Å². The van der Waals surface area contributed by atoms with Gasteiger partial charge in [0.2, 0.25) is 5.91 Å². The minimum Gasteiger partial charge on any atom is -0.486 e. The predicted molar refractivity (Wildman–Crippen MR) is 87.1 cm³/mol.